The SMILES string of the molecule is CN=C(NCCc1ccc(-n2cccn2)cc1)NCc1ccc(Cl)cc1OC.I. The topological polar surface area (TPSA) is 63.5 Å². The third-order valence-electron chi connectivity index (χ3n) is 4.33. The maximum absolute atomic E-state index is 6.01. The van der Waals surface area contributed by atoms with E-state index in [-0.39, 0.29) is 24.0 Å². The fourth-order valence-corrected chi connectivity index (χ4v) is 2.99. The summed E-state index contributed by atoms with van der Waals surface area (Å²) in [4.78, 5) is 4.27. The summed E-state index contributed by atoms with van der Waals surface area (Å²) in [5, 5.41) is 11.5. The van der Waals surface area contributed by atoms with Crippen LogP contribution < -0.4 is 15.4 Å². The highest BCUT2D eigenvalue weighted by Crippen LogP contribution is 2.22. The number of hydrogen-bond acceptors (Lipinski definition) is 3. The van der Waals surface area contributed by atoms with Crippen molar-refractivity contribution in [1.82, 2.24) is 20.4 Å². The Labute approximate surface area is 193 Å². The molecule has 1 aromatic heterocycles. The lowest BCUT2D eigenvalue weighted by molar-refractivity contribution is 0.409. The molecule has 0 spiro atoms. The highest BCUT2D eigenvalue weighted by Gasteiger charge is 2.05. The van der Waals surface area contributed by atoms with Crippen molar-refractivity contribution < 1.29 is 4.74 Å². The van der Waals surface area contributed by atoms with E-state index in [1.165, 1.54) is 5.56 Å². The molecule has 0 amide bonds. The second-order valence-corrected chi connectivity index (χ2v) is 6.61. The first kappa shape index (κ1) is 23.0. The Morgan fingerprint density at radius 1 is 1.17 bits per heavy atom. The van der Waals surface area contributed by atoms with Crippen LogP contribution in [0.2, 0.25) is 5.02 Å². The summed E-state index contributed by atoms with van der Waals surface area (Å²) in [7, 11) is 3.40. The second-order valence-electron chi connectivity index (χ2n) is 6.18. The van der Waals surface area contributed by atoms with Gasteiger partial charge in [0.25, 0.3) is 0 Å². The lowest BCUT2D eigenvalue weighted by Crippen LogP contribution is -2.37. The smallest absolute Gasteiger partial charge is 0.191 e. The minimum atomic E-state index is 0. The molecule has 29 heavy (non-hydrogen) atoms. The minimum absolute atomic E-state index is 0. The molecule has 0 unspecified atom stereocenters. The standard InChI is InChI=1S/C21H24ClN5O.HI/c1-23-21(25-15-17-6-7-18(22)14-20(17)28-2)24-12-10-16-4-8-19(9-5-16)27-13-3-11-26-27;/h3-9,11,13-14H,10,12,15H2,1-2H3,(H2,23,24,25);1H. The van der Waals surface area contributed by atoms with Crippen molar-refractivity contribution in [2.45, 2.75) is 13.0 Å². The lowest BCUT2D eigenvalue weighted by atomic mass is 10.1. The largest absolute Gasteiger partial charge is 0.496 e. The van der Waals surface area contributed by atoms with E-state index >= 15 is 0 Å². The lowest BCUT2D eigenvalue weighted by Gasteiger charge is -2.14. The molecule has 0 atom stereocenters. The quantitative estimate of drug-likeness (QED) is 0.277. The molecule has 8 heteroatoms. The van der Waals surface area contributed by atoms with Crippen LogP contribution in [0.5, 0.6) is 5.75 Å². The van der Waals surface area contributed by atoms with Gasteiger partial charge in [-0.3, -0.25) is 4.99 Å². The van der Waals surface area contributed by atoms with E-state index in [4.69, 9.17) is 16.3 Å². The summed E-state index contributed by atoms with van der Waals surface area (Å²) >= 11 is 6.01. The van der Waals surface area contributed by atoms with Crippen molar-refractivity contribution in [3.05, 3.63) is 77.1 Å². The number of ether oxygens (including phenoxy) is 1. The van der Waals surface area contributed by atoms with Gasteiger partial charge in [0.05, 0.1) is 12.8 Å². The molecule has 2 aromatic carbocycles. The number of hydrogen-bond donors (Lipinski definition) is 2. The van der Waals surface area contributed by atoms with E-state index in [1.807, 2.05) is 35.1 Å². The Balaban J connectivity index is 0.00000300. The zero-order valence-corrected chi connectivity index (χ0v) is 19.5. The van der Waals surface area contributed by atoms with Crippen LogP contribution in [0.3, 0.4) is 0 Å². The molecule has 0 saturated heterocycles. The van der Waals surface area contributed by atoms with E-state index in [2.05, 4.69) is 45.0 Å². The number of guanidine groups is 1. The van der Waals surface area contributed by atoms with Gasteiger partial charge in [0.1, 0.15) is 5.75 Å². The first-order valence-corrected chi connectivity index (χ1v) is 9.43. The van der Waals surface area contributed by atoms with Crippen molar-refractivity contribution in [2.75, 3.05) is 20.7 Å². The van der Waals surface area contributed by atoms with Crippen LogP contribution in [0.4, 0.5) is 0 Å². The van der Waals surface area contributed by atoms with Gasteiger partial charge in [0, 0.05) is 43.1 Å². The zero-order chi connectivity index (χ0) is 19.8. The predicted octanol–water partition coefficient (Wildman–Crippen LogP) is 4.06. The van der Waals surface area contributed by atoms with E-state index in [1.54, 1.807) is 20.4 Å². The van der Waals surface area contributed by atoms with E-state index < -0.39 is 0 Å². The van der Waals surface area contributed by atoms with E-state index in [0.29, 0.717) is 11.6 Å². The number of rotatable bonds is 7. The van der Waals surface area contributed by atoms with Crippen LogP contribution in [0.15, 0.2) is 65.9 Å². The number of aliphatic imine (C=N–C) groups is 1. The van der Waals surface area contributed by atoms with Crippen molar-refractivity contribution in [3.63, 3.8) is 0 Å². The normalized spacial score (nSPS) is 10.9. The Morgan fingerprint density at radius 2 is 1.97 bits per heavy atom. The number of methoxy groups -OCH3 is 1. The van der Waals surface area contributed by atoms with Gasteiger partial charge in [-0.1, -0.05) is 29.8 Å². The summed E-state index contributed by atoms with van der Waals surface area (Å²) in [5.74, 6) is 1.50. The molecular weight excluding hydrogens is 501 g/mol. The van der Waals surface area contributed by atoms with Gasteiger partial charge in [-0.25, -0.2) is 4.68 Å². The molecule has 6 nitrogen and oxygen atoms in total. The first-order valence-electron chi connectivity index (χ1n) is 9.05. The van der Waals surface area contributed by atoms with Gasteiger partial charge < -0.3 is 15.4 Å². The van der Waals surface area contributed by atoms with Gasteiger partial charge in [0.2, 0.25) is 0 Å². The molecular formula is C21H25ClIN5O. The number of aromatic nitrogens is 2. The fourth-order valence-electron chi connectivity index (χ4n) is 2.83. The maximum atomic E-state index is 6.01. The average molecular weight is 526 g/mol. The Bertz CT molecular complexity index is 913. The van der Waals surface area contributed by atoms with E-state index in [0.717, 1.165) is 35.9 Å². The highest BCUT2D eigenvalue weighted by atomic mass is 127. The predicted molar refractivity (Wildman–Crippen MR) is 129 cm³/mol. The molecule has 3 aromatic rings. The summed E-state index contributed by atoms with van der Waals surface area (Å²) in [6.07, 6.45) is 4.60. The Kier molecular flexibility index (Phi) is 9.27. The minimum Gasteiger partial charge on any atom is -0.496 e. The van der Waals surface area contributed by atoms with Crippen molar-refractivity contribution in [2.24, 2.45) is 4.99 Å². The Hall–Kier alpha value is -2.26. The summed E-state index contributed by atoms with van der Waals surface area (Å²) in [5.41, 5.74) is 3.32. The van der Waals surface area contributed by atoms with Gasteiger partial charge in [-0.15, -0.1) is 24.0 Å². The average Bonchev–Trinajstić information content (AvgIpc) is 3.26. The highest BCUT2D eigenvalue weighted by molar-refractivity contribution is 14.0. The molecule has 3 rings (SSSR count). The van der Waals surface area contributed by atoms with Crippen molar-refractivity contribution in [1.29, 1.82) is 0 Å². The number of nitrogens with one attached hydrogen (secondary N) is 2. The first-order chi connectivity index (χ1) is 13.7. The van der Waals surface area contributed by atoms with Crippen LogP contribution in [0.1, 0.15) is 11.1 Å². The van der Waals surface area contributed by atoms with Crippen LogP contribution in [-0.4, -0.2) is 36.4 Å². The maximum Gasteiger partial charge on any atom is 0.191 e. The summed E-state index contributed by atoms with van der Waals surface area (Å²) < 4.78 is 7.22. The number of halogens is 2. The monoisotopic (exact) mass is 525 g/mol. The van der Waals surface area contributed by atoms with Crippen molar-refractivity contribution >= 4 is 41.5 Å². The van der Waals surface area contributed by atoms with E-state index in [9.17, 15) is 0 Å². The fraction of sp³-hybridized carbons (Fsp3) is 0.238. The zero-order valence-electron chi connectivity index (χ0n) is 16.4. The summed E-state index contributed by atoms with van der Waals surface area (Å²) in [6.45, 7) is 1.37. The molecule has 0 aliphatic carbocycles. The molecule has 154 valence electrons. The van der Waals surface area contributed by atoms with Crippen LogP contribution in [0.25, 0.3) is 5.69 Å². The van der Waals surface area contributed by atoms with Gasteiger partial charge >= 0.3 is 0 Å². The molecule has 0 aliphatic rings. The Morgan fingerprint density at radius 3 is 2.62 bits per heavy atom. The van der Waals surface area contributed by atoms with Gasteiger partial charge in [-0.05, 0) is 42.3 Å². The van der Waals surface area contributed by atoms with Crippen LogP contribution in [-0.2, 0) is 13.0 Å². The molecule has 0 bridgehead atoms. The molecule has 2 N–H and O–H groups in total. The summed E-state index contributed by atoms with van der Waals surface area (Å²) in [6, 6.07) is 15.9. The second kappa shape index (κ2) is 11.7. The van der Waals surface area contributed by atoms with Crippen LogP contribution >= 0.6 is 35.6 Å². The number of benzene rings is 2. The van der Waals surface area contributed by atoms with Gasteiger partial charge in [0.15, 0.2) is 5.96 Å². The molecule has 1 heterocycles. The molecule has 0 fully saturated rings. The molecule has 0 saturated carbocycles. The van der Waals surface area contributed by atoms with Crippen molar-refractivity contribution in [3.8, 4) is 11.4 Å². The number of nitrogens with zero attached hydrogens (tertiary/aromatic N) is 3. The third-order valence-corrected chi connectivity index (χ3v) is 4.57. The third kappa shape index (κ3) is 6.64. The molecule has 0 aliphatic heterocycles. The van der Waals surface area contributed by atoms with Crippen LogP contribution in [0, 0.1) is 0 Å². The van der Waals surface area contributed by atoms with Gasteiger partial charge in [-0.2, -0.15) is 5.10 Å². The molecule has 0 radical (unpaired) electrons.